The molecule has 124 valence electrons. The van der Waals surface area contributed by atoms with Crippen LogP contribution in [-0.4, -0.2) is 14.8 Å². The van der Waals surface area contributed by atoms with Crippen molar-refractivity contribution >= 4 is 23.2 Å². The number of hydrogen-bond donors (Lipinski definition) is 0. The summed E-state index contributed by atoms with van der Waals surface area (Å²) in [6.07, 6.45) is -4.54. The van der Waals surface area contributed by atoms with E-state index in [9.17, 15) is 13.2 Å². The molecule has 3 rings (SSSR count). The number of halogens is 5. The van der Waals surface area contributed by atoms with Crippen molar-refractivity contribution in [1.82, 2.24) is 14.8 Å². The topological polar surface area (TPSA) is 30.7 Å². The Morgan fingerprint density at radius 1 is 0.875 bits per heavy atom. The van der Waals surface area contributed by atoms with Crippen molar-refractivity contribution in [1.29, 1.82) is 0 Å². The summed E-state index contributed by atoms with van der Waals surface area (Å²) >= 11 is 12.1. The molecule has 1 aromatic heterocycles. The highest BCUT2D eigenvalue weighted by atomic mass is 35.5. The highest BCUT2D eigenvalue weighted by Gasteiger charge is 2.34. The van der Waals surface area contributed by atoms with Gasteiger partial charge in [0.1, 0.15) is 0 Å². The summed E-state index contributed by atoms with van der Waals surface area (Å²) < 4.78 is 40.6. The number of benzene rings is 2. The van der Waals surface area contributed by atoms with E-state index in [1.54, 1.807) is 35.9 Å². The van der Waals surface area contributed by atoms with Crippen molar-refractivity contribution in [3.63, 3.8) is 0 Å². The van der Waals surface area contributed by atoms with Gasteiger partial charge in [0.2, 0.25) is 0 Å². The van der Waals surface area contributed by atoms with E-state index in [0.717, 1.165) is 6.07 Å². The summed E-state index contributed by atoms with van der Waals surface area (Å²) in [7, 11) is 1.64. The molecule has 0 saturated carbocycles. The van der Waals surface area contributed by atoms with Crippen LogP contribution in [0.5, 0.6) is 0 Å². The maximum absolute atomic E-state index is 13.0. The summed E-state index contributed by atoms with van der Waals surface area (Å²) in [5.74, 6) is 0.657. The van der Waals surface area contributed by atoms with Gasteiger partial charge in [0.25, 0.3) is 0 Å². The van der Waals surface area contributed by atoms with E-state index in [0.29, 0.717) is 16.4 Å². The molecule has 0 unspecified atom stereocenters. The van der Waals surface area contributed by atoms with E-state index in [2.05, 4.69) is 10.2 Å². The van der Waals surface area contributed by atoms with Crippen LogP contribution in [0.2, 0.25) is 10.0 Å². The number of aromatic nitrogens is 3. The van der Waals surface area contributed by atoms with Gasteiger partial charge in [-0.25, -0.2) is 0 Å². The van der Waals surface area contributed by atoms with Crippen molar-refractivity contribution in [2.45, 2.75) is 6.18 Å². The fraction of sp³-hybridized carbons (Fsp3) is 0.125. The monoisotopic (exact) mass is 371 g/mol. The number of nitrogens with zero attached hydrogens (tertiary/aromatic N) is 3. The van der Waals surface area contributed by atoms with Crippen LogP contribution in [0.4, 0.5) is 13.2 Å². The Labute approximate surface area is 145 Å². The predicted molar refractivity (Wildman–Crippen MR) is 86.9 cm³/mol. The average Bonchev–Trinajstić information content (AvgIpc) is 2.88. The van der Waals surface area contributed by atoms with Crippen LogP contribution in [0, 0.1) is 0 Å². The lowest BCUT2D eigenvalue weighted by atomic mass is 10.1. The van der Waals surface area contributed by atoms with E-state index >= 15 is 0 Å². The number of alkyl halides is 3. The molecule has 0 amide bonds. The van der Waals surface area contributed by atoms with Gasteiger partial charge in [0.15, 0.2) is 11.6 Å². The molecule has 3 nitrogen and oxygen atoms in total. The SMILES string of the molecule is Cn1c(-c2ccccc2Cl)nnc1-c1cccc(C(F)(F)F)c1Cl. The van der Waals surface area contributed by atoms with Gasteiger partial charge in [-0.2, -0.15) is 13.2 Å². The first-order valence-electron chi connectivity index (χ1n) is 6.81. The van der Waals surface area contributed by atoms with Gasteiger partial charge >= 0.3 is 6.18 Å². The van der Waals surface area contributed by atoms with Crippen LogP contribution in [0.25, 0.3) is 22.8 Å². The van der Waals surface area contributed by atoms with Crippen molar-refractivity contribution in [2.75, 3.05) is 0 Å². The standard InChI is InChI=1S/C16H10Cl2F3N3/c1-24-14(9-5-2-3-8-12(9)17)22-23-15(24)10-6-4-7-11(13(10)18)16(19,20)21/h2-8H,1H3. The normalized spacial score (nSPS) is 11.8. The summed E-state index contributed by atoms with van der Waals surface area (Å²) in [6.45, 7) is 0. The maximum atomic E-state index is 13.0. The largest absolute Gasteiger partial charge is 0.417 e. The lowest BCUT2D eigenvalue weighted by molar-refractivity contribution is -0.137. The molecule has 2 aromatic carbocycles. The number of hydrogen-bond acceptors (Lipinski definition) is 2. The highest BCUT2D eigenvalue weighted by Crippen LogP contribution is 2.39. The molecule has 0 N–H and O–H groups in total. The second kappa shape index (κ2) is 6.11. The molecule has 1 heterocycles. The smallest absolute Gasteiger partial charge is 0.310 e. The molecule has 0 aliphatic carbocycles. The molecule has 0 radical (unpaired) electrons. The van der Waals surface area contributed by atoms with Gasteiger partial charge in [-0.1, -0.05) is 41.4 Å². The molecule has 0 saturated heterocycles. The Bertz CT molecular complexity index is 904. The van der Waals surface area contributed by atoms with Gasteiger partial charge in [-0.3, -0.25) is 0 Å². The van der Waals surface area contributed by atoms with Crippen LogP contribution in [0.1, 0.15) is 5.56 Å². The molecule has 0 fully saturated rings. The minimum Gasteiger partial charge on any atom is -0.310 e. The Kier molecular flexibility index (Phi) is 4.27. The van der Waals surface area contributed by atoms with Gasteiger partial charge < -0.3 is 4.57 Å². The van der Waals surface area contributed by atoms with Crippen LogP contribution in [-0.2, 0) is 13.2 Å². The first-order valence-corrected chi connectivity index (χ1v) is 7.56. The summed E-state index contributed by atoms with van der Waals surface area (Å²) in [6, 6.07) is 10.7. The third-order valence-electron chi connectivity index (χ3n) is 3.53. The fourth-order valence-electron chi connectivity index (χ4n) is 2.36. The zero-order valence-electron chi connectivity index (χ0n) is 12.3. The first-order chi connectivity index (χ1) is 11.3. The van der Waals surface area contributed by atoms with E-state index in [-0.39, 0.29) is 11.4 Å². The summed E-state index contributed by atoms with van der Waals surface area (Å²) in [5, 5.41) is 8.09. The number of rotatable bonds is 2. The lowest BCUT2D eigenvalue weighted by Crippen LogP contribution is -2.07. The van der Waals surface area contributed by atoms with Crippen molar-refractivity contribution < 1.29 is 13.2 Å². The molecule has 0 spiro atoms. The maximum Gasteiger partial charge on any atom is 0.417 e. The quantitative estimate of drug-likeness (QED) is 0.597. The Balaban J connectivity index is 2.15. The molecule has 0 aliphatic heterocycles. The average molecular weight is 372 g/mol. The zero-order chi connectivity index (χ0) is 17.5. The second-order valence-corrected chi connectivity index (χ2v) is 5.84. The van der Waals surface area contributed by atoms with E-state index in [4.69, 9.17) is 23.2 Å². The first kappa shape index (κ1) is 16.8. The molecule has 24 heavy (non-hydrogen) atoms. The Hall–Kier alpha value is -2.05. The second-order valence-electron chi connectivity index (χ2n) is 5.05. The summed E-state index contributed by atoms with van der Waals surface area (Å²) in [5.41, 5.74) is -0.132. The van der Waals surface area contributed by atoms with E-state index < -0.39 is 16.8 Å². The predicted octanol–water partition coefficient (Wildman–Crippen LogP) is 5.47. The van der Waals surface area contributed by atoms with Crippen molar-refractivity contribution in [3.05, 3.63) is 58.1 Å². The van der Waals surface area contributed by atoms with Gasteiger partial charge in [-0.05, 0) is 24.3 Å². The molecule has 0 atom stereocenters. The van der Waals surface area contributed by atoms with Crippen LogP contribution >= 0.6 is 23.2 Å². The van der Waals surface area contributed by atoms with Crippen molar-refractivity contribution in [3.8, 4) is 22.8 Å². The molecule has 0 bridgehead atoms. The van der Waals surface area contributed by atoms with Gasteiger partial charge in [-0.15, -0.1) is 10.2 Å². The molecular formula is C16H10Cl2F3N3. The van der Waals surface area contributed by atoms with Crippen molar-refractivity contribution in [2.24, 2.45) is 7.05 Å². The minimum absolute atomic E-state index is 0.153. The highest BCUT2D eigenvalue weighted by molar-refractivity contribution is 6.34. The molecule has 0 aliphatic rings. The lowest BCUT2D eigenvalue weighted by Gasteiger charge is -2.12. The third-order valence-corrected chi connectivity index (χ3v) is 4.27. The zero-order valence-corrected chi connectivity index (χ0v) is 13.8. The Morgan fingerprint density at radius 3 is 2.08 bits per heavy atom. The molecule has 3 aromatic rings. The van der Waals surface area contributed by atoms with E-state index in [1.807, 2.05) is 0 Å². The third kappa shape index (κ3) is 2.87. The fourth-order valence-corrected chi connectivity index (χ4v) is 2.90. The Morgan fingerprint density at radius 2 is 1.46 bits per heavy atom. The summed E-state index contributed by atoms with van der Waals surface area (Å²) in [4.78, 5) is 0. The minimum atomic E-state index is -4.54. The molecular weight excluding hydrogens is 362 g/mol. The van der Waals surface area contributed by atoms with Gasteiger partial charge in [0, 0.05) is 18.2 Å². The van der Waals surface area contributed by atoms with Gasteiger partial charge in [0.05, 0.1) is 15.6 Å². The molecule has 8 heteroatoms. The van der Waals surface area contributed by atoms with E-state index in [1.165, 1.54) is 12.1 Å². The van der Waals surface area contributed by atoms with Crippen LogP contribution in [0.15, 0.2) is 42.5 Å². The van der Waals surface area contributed by atoms with Crippen LogP contribution in [0.3, 0.4) is 0 Å². The van der Waals surface area contributed by atoms with Crippen LogP contribution < -0.4 is 0 Å².